The Kier molecular flexibility index (Phi) is 2.81. The van der Waals surface area contributed by atoms with Gasteiger partial charge in [-0.05, 0) is 69.6 Å². The molecule has 0 amide bonds. The summed E-state index contributed by atoms with van der Waals surface area (Å²) < 4.78 is 25.7. The van der Waals surface area contributed by atoms with E-state index in [9.17, 15) is 4.39 Å². The van der Waals surface area contributed by atoms with Crippen molar-refractivity contribution in [2.45, 2.75) is 57.7 Å². The van der Waals surface area contributed by atoms with Crippen LogP contribution in [0.25, 0.3) is 0 Å². The average Bonchev–Trinajstić information content (AvgIpc) is 3.06. The van der Waals surface area contributed by atoms with Crippen molar-refractivity contribution in [2.75, 3.05) is 0 Å². The topological polar surface area (TPSA) is 18.5 Å². The van der Waals surface area contributed by atoms with Crippen molar-refractivity contribution in [1.82, 2.24) is 0 Å². The van der Waals surface area contributed by atoms with Crippen molar-refractivity contribution < 1.29 is 13.7 Å². The first kappa shape index (κ1) is 13.1. The molecule has 2 aliphatic rings. The van der Waals surface area contributed by atoms with Crippen LogP contribution < -0.4 is 5.46 Å². The predicted octanol–water partition coefficient (Wildman–Crippen LogP) is 3.00. The lowest BCUT2D eigenvalue weighted by atomic mass is 9.78. The molecule has 1 aromatic carbocycles. The maximum absolute atomic E-state index is 13.7. The Balaban J connectivity index is 1.91. The van der Waals surface area contributed by atoms with Gasteiger partial charge in [0.15, 0.2) is 0 Å². The van der Waals surface area contributed by atoms with E-state index in [4.69, 9.17) is 9.31 Å². The van der Waals surface area contributed by atoms with Crippen molar-refractivity contribution in [3.05, 3.63) is 29.6 Å². The summed E-state index contributed by atoms with van der Waals surface area (Å²) in [7, 11) is -0.474. The summed E-state index contributed by atoms with van der Waals surface area (Å²) in [6.45, 7) is 8.03. The summed E-state index contributed by atoms with van der Waals surface area (Å²) in [5.41, 5.74) is 1.10. The third kappa shape index (κ3) is 2.32. The number of benzene rings is 1. The molecule has 19 heavy (non-hydrogen) atoms. The fraction of sp³-hybridized carbons (Fsp3) is 0.600. The van der Waals surface area contributed by atoms with Crippen LogP contribution >= 0.6 is 0 Å². The molecular weight excluding hydrogens is 242 g/mol. The second-order valence-electron chi connectivity index (χ2n) is 6.68. The van der Waals surface area contributed by atoms with Gasteiger partial charge >= 0.3 is 7.12 Å². The monoisotopic (exact) mass is 262 g/mol. The number of hydrogen-bond acceptors (Lipinski definition) is 2. The lowest BCUT2D eigenvalue weighted by molar-refractivity contribution is 0.00578. The van der Waals surface area contributed by atoms with Gasteiger partial charge in [0.25, 0.3) is 0 Å². The van der Waals surface area contributed by atoms with Gasteiger partial charge in [0.2, 0.25) is 0 Å². The van der Waals surface area contributed by atoms with Crippen LogP contribution in [0.4, 0.5) is 4.39 Å². The molecule has 4 heteroatoms. The van der Waals surface area contributed by atoms with E-state index in [1.807, 2.05) is 33.8 Å². The minimum absolute atomic E-state index is 0.200. The first-order chi connectivity index (χ1) is 8.78. The molecule has 1 heterocycles. The molecule has 0 aromatic heterocycles. The minimum atomic E-state index is -0.474. The Labute approximate surface area is 114 Å². The Morgan fingerprint density at radius 2 is 1.63 bits per heavy atom. The Bertz CT molecular complexity index is 493. The van der Waals surface area contributed by atoms with Crippen LogP contribution in [-0.4, -0.2) is 18.3 Å². The zero-order valence-corrected chi connectivity index (χ0v) is 12.0. The quantitative estimate of drug-likeness (QED) is 0.763. The summed E-state index contributed by atoms with van der Waals surface area (Å²) in [5.74, 6) is 0.325. The molecule has 3 rings (SSSR count). The van der Waals surface area contributed by atoms with Gasteiger partial charge < -0.3 is 9.31 Å². The smallest absolute Gasteiger partial charge is 0.399 e. The van der Waals surface area contributed by atoms with Crippen LogP contribution in [0.3, 0.4) is 0 Å². The minimum Gasteiger partial charge on any atom is -0.399 e. The van der Waals surface area contributed by atoms with Gasteiger partial charge in [-0.2, -0.15) is 0 Å². The molecule has 1 aliphatic carbocycles. The fourth-order valence-electron chi connectivity index (χ4n) is 2.40. The predicted molar refractivity (Wildman–Crippen MR) is 74.1 cm³/mol. The molecule has 0 N–H and O–H groups in total. The first-order valence-electron chi connectivity index (χ1n) is 6.94. The lowest BCUT2D eigenvalue weighted by Crippen LogP contribution is -2.41. The van der Waals surface area contributed by atoms with Crippen molar-refractivity contribution in [1.29, 1.82) is 0 Å². The van der Waals surface area contributed by atoms with Crippen LogP contribution in [0.15, 0.2) is 18.2 Å². The average molecular weight is 262 g/mol. The molecule has 1 saturated heterocycles. The molecule has 0 bridgehead atoms. The standard InChI is InChI=1S/C15H20BFO2/c1-14(2)15(3,4)19-16(18-14)12-7-11(10-5-6-10)8-13(17)9-12/h7-10H,5-6H2,1-4H3. The maximum Gasteiger partial charge on any atom is 0.494 e. The highest BCUT2D eigenvalue weighted by atomic mass is 19.1. The largest absolute Gasteiger partial charge is 0.494 e. The summed E-state index contributed by atoms with van der Waals surface area (Å²) in [5, 5.41) is 0. The molecule has 0 spiro atoms. The summed E-state index contributed by atoms with van der Waals surface area (Å²) in [6, 6.07) is 5.18. The zero-order valence-electron chi connectivity index (χ0n) is 12.0. The maximum atomic E-state index is 13.7. The van der Waals surface area contributed by atoms with Crippen LogP contribution in [-0.2, 0) is 9.31 Å². The fourth-order valence-corrected chi connectivity index (χ4v) is 2.40. The van der Waals surface area contributed by atoms with Crippen molar-refractivity contribution in [2.24, 2.45) is 0 Å². The van der Waals surface area contributed by atoms with E-state index in [-0.39, 0.29) is 17.0 Å². The van der Waals surface area contributed by atoms with Crippen LogP contribution in [0, 0.1) is 5.82 Å². The van der Waals surface area contributed by atoms with E-state index in [2.05, 4.69) is 0 Å². The van der Waals surface area contributed by atoms with E-state index in [1.165, 1.54) is 6.07 Å². The molecule has 0 unspecified atom stereocenters. The highest BCUT2D eigenvalue weighted by Gasteiger charge is 2.51. The van der Waals surface area contributed by atoms with Gasteiger partial charge in [-0.3, -0.25) is 0 Å². The van der Waals surface area contributed by atoms with Gasteiger partial charge in [-0.25, -0.2) is 4.39 Å². The van der Waals surface area contributed by atoms with E-state index in [0.717, 1.165) is 23.9 Å². The third-order valence-corrected chi connectivity index (χ3v) is 4.52. The van der Waals surface area contributed by atoms with Crippen LogP contribution in [0.2, 0.25) is 0 Å². The van der Waals surface area contributed by atoms with E-state index >= 15 is 0 Å². The molecule has 1 aliphatic heterocycles. The third-order valence-electron chi connectivity index (χ3n) is 4.52. The van der Waals surface area contributed by atoms with Gasteiger partial charge in [0.1, 0.15) is 5.82 Å². The van der Waals surface area contributed by atoms with E-state index < -0.39 is 7.12 Å². The summed E-state index contributed by atoms with van der Waals surface area (Å²) in [6.07, 6.45) is 2.32. The van der Waals surface area contributed by atoms with E-state index in [1.54, 1.807) is 6.07 Å². The van der Waals surface area contributed by atoms with Crippen LogP contribution in [0.5, 0.6) is 0 Å². The van der Waals surface area contributed by atoms with Gasteiger partial charge in [-0.15, -0.1) is 0 Å². The van der Waals surface area contributed by atoms with Gasteiger partial charge in [-0.1, -0.05) is 6.07 Å². The normalized spacial score (nSPS) is 24.8. The Morgan fingerprint density at radius 1 is 1.05 bits per heavy atom. The molecule has 1 aromatic rings. The second kappa shape index (κ2) is 4.06. The molecule has 0 radical (unpaired) electrons. The summed E-state index contributed by atoms with van der Waals surface area (Å²) >= 11 is 0. The van der Waals surface area contributed by atoms with Crippen molar-refractivity contribution >= 4 is 12.6 Å². The second-order valence-corrected chi connectivity index (χ2v) is 6.68. The van der Waals surface area contributed by atoms with Crippen molar-refractivity contribution in [3.8, 4) is 0 Å². The molecule has 2 nitrogen and oxygen atoms in total. The molecule has 102 valence electrons. The number of hydrogen-bond donors (Lipinski definition) is 0. The molecule has 0 atom stereocenters. The Hall–Kier alpha value is -0.865. The van der Waals surface area contributed by atoms with Crippen molar-refractivity contribution in [3.63, 3.8) is 0 Å². The highest BCUT2D eigenvalue weighted by Crippen LogP contribution is 2.40. The zero-order chi connectivity index (χ0) is 13.8. The highest BCUT2D eigenvalue weighted by molar-refractivity contribution is 6.62. The SMILES string of the molecule is CC1(C)OB(c2cc(F)cc(C3CC3)c2)OC1(C)C. The molecule has 1 saturated carbocycles. The molecule has 2 fully saturated rings. The number of rotatable bonds is 2. The van der Waals surface area contributed by atoms with Gasteiger partial charge in [0, 0.05) is 0 Å². The summed E-state index contributed by atoms with van der Waals surface area (Å²) in [4.78, 5) is 0. The van der Waals surface area contributed by atoms with E-state index in [0.29, 0.717) is 5.92 Å². The first-order valence-corrected chi connectivity index (χ1v) is 6.94. The Morgan fingerprint density at radius 3 is 2.16 bits per heavy atom. The number of halogens is 1. The lowest BCUT2D eigenvalue weighted by Gasteiger charge is -2.32. The van der Waals surface area contributed by atoms with Crippen LogP contribution in [0.1, 0.15) is 52.0 Å². The molecular formula is C15H20BFO2. The van der Waals surface area contributed by atoms with Gasteiger partial charge in [0.05, 0.1) is 11.2 Å².